The van der Waals surface area contributed by atoms with E-state index in [2.05, 4.69) is 51.8 Å². The van der Waals surface area contributed by atoms with Crippen molar-refractivity contribution in [3.63, 3.8) is 0 Å². The van der Waals surface area contributed by atoms with Crippen molar-refractivity contribution in [2.45, 2.75) is 39.5 Å². The van der Waals surface area contributed by atoms with E-state index < -0.39 is 5.69 Å². The van der Waals surface area contributed by atoms with Gasteiger partial charge in [0.25, 0.3) is 0 Å². The van der Waals surface area contributed by atoms with Crippen LogP contribution in [0.5, 0.6) is 0 Å². The molecule has 0 saturated carbocycles. The van der Waals surface area contributed by atoms with E-state index >= 15 is 0 Å². The van der Waals surface area contributed by atoms with Crippen LogP contribution in [-0.4, -0.2) is 0 Å². The molecule has 0 bridgehead atoms. The van der Waals surface area contributed by atoms with Crippen LogP contribution in [-0.2, 0) is 47.2 Å². The van der Waals surface area contributed by atoms with Gasteiger partial charge in [-0.05, 0) is 0 Å². The first-order valence-corrected chi connectivity index (χ1v) is 8.78. The molecule has 0 aliphatic rings. The Labute approximate surface area is 116 Å². The van der Waals surface area contributed by atoms with E-state index in [9.17, 15) is 9.79 Å². The molecule has 15 heavy (non-hydrogen) atoms. The van der Waals surface area contributed by atoms with Gasteiger partial charge < -0.3 is 41.6 Å². The summed E-state index contributed by atoms with van der Waals surface area (Å²) in [4.78, 5) is 18.6. The molecular formula is C8H18MoO3PS2-5. The summed E-state index contributed by atoms with van der Waals surface area (Å²) in [7, 11) is 0. The Morgan fingerprint density at radius 3 is 1.27 bits per heavy atom. The summed E-state index contributed by atoms with van der Waals surface area (Å²) in [5.74, 6) is 0. The van der Waals surface area contributed by atoms with E-state index in [0.29, 0.717) is 19.8 Å². The summed E-state index contributed by atoms with van der Waals surface area (Å²) in [6.45, 7) is 11.4. The fourth-order valence-electron chi connectivity index (χ4n) is 0. The third kappa shape index (κ3) is 238. The third-order valence-electron chi connectivity index (χ3n) is 0.707. The van der Waals surface area contributed by atoms with Gasteiger partial charge in [0.1, 0.15) is 0 Å². The van der Waals surface area contributed by atoms with Crippen LogP contribution in [0, 0.1) is 13.8 Å². The van der Waals surface area contributed by atoms with Crippen molar-refractivity contribution in [3.05, 3.63) is 13.8 Å². The van der Waals surface area contributed by atoms with Crippen LogP contribution in [0.25, 0.3) is 0 Å². The minimum atomic E-state index is -3.72. The fraction of sp³-hybridized carbons (Fsp3) is 0.750. The predicted molar refractivity (Wildman–Crippen MR) is 62.9 cm³/mol. The quantitative estimate of drug-likeness (QED) is 0.327. The third-order valence-corrected chi connectivity index (χ3v) is 0.707. The van der Waals surface area contributed by atoms with Crippen molar-refractivity contribution in [1.29, 1.82) is 0 Å². The topological polar surface area (TPSA) is 63.2 Å². The fourth-order valence-corrected chi connectivity index (χ4v) is 0. The van der Waals surface area contributed by atoms with Crippen molar-refractivity contribution in [2.75, 3.05) is 0 Å². The Kier molecular flexibility index (Phi) is 41.5. The standard InChI is InChI=1S/2C4H9.Mo.H3O2PS2.O/c2*1-3-4-2;;1-3(2,4)5;/h2*1,3-4H2,2H3;;(H3,1,2,4,5);/q2*-1;;;/p-3. The molecule has 0 radical (unpaired) electrons. The second-order valence-corrected chi connectivity index (χ2v) is 6.63. The van der Waals surface area contributed by atoms with E-state index in [-0.39, 0.29) is 0 Å². The summed E-state index contributed by atoms with van der Waals surface area (Å²) < 4.78 is 8.26. The second-order valence-electron chi connectivity index (χ2n) is 2.15. The number of rotatable bonds is 2. The molecule has 0 aromatic carbocycles. The average Bonchev–Trinajstić information content (AvgIpc) is 2.18. The molecule has 0 spiro atoms. The molecule has 0 unspecified atom stereocenters. The predicted octanol–water partition coefficient (Wildman–Crippen LogP) is 1.60. The normalized spacial score (nSPS) is 8.20. The average molecular weight is 353 g/mol. The molecule has 0 rings (SSSR count). The van der Waals surface area contributed by atoms with Crippen molar-refractivity contribution < 1.29 is 33.0 Å². The van der Waals surface area contributed by atoms with Crippen molar-refractivity contribution in [1.82, 2.24) is 0 Å². The van der Waals surface area contributed by atoms with Gasteiger partial charge in [0.05, 0.1) is 0 Å². The second kappa shape index (κ2) is 24.6. The Morgan fingerprint density at radius 1 is 1.20 bits per heavy atom. The Hall–Kier alpha value is 1.41. The number of hydrogen-bond acceptors (Lipinski definition) is 5. The van der Waals surface area contributed by atoms with Gasteiger partial charge in [0.2, 0.25) is 0 Å². The minimum absolute atomic E-state index is 0.700. The monoisotopic (exact) mass is 355 g/mol. The summed E-state index contributed by atoms with van der Waals surface area (Å²) in [5.41, 5.74) is -3.72. The molecular weight excluding hydrogens is 335 g/mol. The van der Waals surface area contributed by atoms with Crippen molar-refractivity contribution in [3.8, 4) is 0 Å². The molecule has 7 heteroatoms. The number of hydrogen-bond donors (Lipinski definition) is 0. The van der Waals surface area contributed by atoms with Gasteiger partial charge in [-0.3, -0.25) is 0 Å². The van der Waals surface area contributed by atoms with E-state index in [1.165, 1.54) is 12.8 Å². The molecule has 0 aliphatic heterocycles. The van der Waals surface area contributed by atoms with Gasteiger partial charge in [-0.1, -0.05) is 26.7 Å². The van der Waals surface area contributed by atoms with Gasteiger partial charge in [0, 0.05) is 0 Å². The van der Waals surface area contributed by atoms with Gasteiger partial charge in [-0.15, -0.1) is 0 Å². The molecule has 3 nitrogen and oxygen atoms in total. The zero-order chi connectivity index (χ0) is 13.3. The van der Waals surface area contributed by atoms with Crippen LogP contribution >= 0.6 is 5.69 Å². The van der Waals surface area contributed by atoms with Crippen LogP contribution < -0.4 is 9.79 Å². The van der Waals surface area contributed by atoms with Crippen molar-refractivity contribution >= 4 is 29.7 Å². The first-order valence-electron chi connectivity index (χ1n) is 4.31. The van der Waals surface area contributed by atoms with E-state index in [1.807, 2.05) is 0 Å². The Balaban J connectivity index is -0.0000000562. The Bertz CT molecular complexity index is 117. The molecule has 0 saturated heterocycles. The van der Waals surface area contributed by atoms with Gasteiger partial charge in [0.15, 0.2) is 0 Å². The molecule has 0 amide bonds. The molecule has 96 valence electrons. The zero-order valence-electron chi connectivity index (χ0n) is 9.14. The molecule has 0 aliphatic carbocycles. The Morgan fingerprint density at radius 2 is 1.27 bits per heavy atom. The molecule has 0 atom stereocenters. The van der Waals surface area contributed by atoms with Crippen LogP contribution in [0.4, 0.5) is 0 Å². The van der Waals surface area contributed by atoms with E-state index in [0.717, 1.165) is 12.8 Å². The van der Waals surface area contributed by atoms with Gasteiger partial charge >= 0.3 is 23.2 Å². The molecule has 0 aromatic heterocycles. The summed E-state index contributed by atoms with van der Waals surface area (Å²) in [5, 5.41) is 0. The molecule has 0 aromatic rings. The maximum absolute atomic E-state index is 9.29. The van der Waals surface area contributed by atoms with Crippen LogP contribution in [0.1, 0.15) is 39.5 Å². The number of unbranched alkanes of at least 4 members (excludes halogenated alkanes) is 2. The first-order chi connectivity index (χ1) is 6.83. The van der Waals surface area contributed by atoms with Crippen LogP contribution in [0.15, 0.2) is 0 Å². The van der Waals surface area contributed by atoms with E-state index in [1.54, 1.807) is 0 Å². The molecule has 0 fully saturated rings. The van der Waals surface area contributed by atoms with Crippen LogP contribution in [0.2, 0.25) is 0 Å². The maximum atomic E-state index is 9.29. The zero-order valence-corrected chi connectivity index (χ0v) is 13.7. The van der Waals surface area contributed by atoms with Crippen molar-refractivity contribution in [2.24, 2.45) is 0 Å². The summed E-state index contributed by atoms with van der Waals surface area (Å²) in [6, 6.07) is 0. The van der Waals surface area contributed by atoms with Crippen LogP contribution in [0.3, 0.4) is 0 Å². The van der Waals surface area contributed by atoms with E-state index in [4.69, 9.17) is 3.40 Å². The molecule has 0 heterocycles. The molecule has 0 N–H and O–H groups in total. The SMILES string of the molecule is [CH2-]CCC.[CH2-]CCC.[O-]P([O-])(=S)[S-].[O]=[Mo]. The first kappa shape index (κ1) is 25.3. The summed E-state index contributed by atoms with van der Waals surface area (Å²) in [6.07, 6.45) is 4.56. The summed E-state index contributed by atoms with van der Waals surface area (Å²) >= 11 is 7.98. The van der Waals surface area contributed by atoms with Gasteiger partial charge in [-0.2, -0.15) is 24.6 Å². The van der Waals surface area contributed by atoms with Gasteiger partial charge in [-0.25, -0.2) is 0 Å².